The van der Waals surface area contributed by atoms with Crippen LogP contribution in [-0.4, -0.2) is 38.7 Å². The molecule has 1 saturated carbocycles. The molecule has 4 rings (SSSR count). The second-order valence-electron chi connectivity index (χ2n) is 8.36. The van der Waals surface area contributed by atoms with Crippen LogP contribution in [0.25, 0.3) is 0 Å². The molecule has 0 amide bonds. The zero-order valence-electron chi connectivity index (χ0n) is 17.4. The Kier molecular flexibility index (Phi) is 5.55. The van der Waals surface area contributed by atoms with Crippen LogP contribution in [0.2, 0.25) is 0 Å². The Labute approximate surface area is 178 Å². The number of nitrogens with zero attached hydrogens (tertiary/aromatic N) is 1. The maximum Gasteiger partial charge on any atom is 0.243 e. The van der Waals surface area contributed by atoms with E-state index in [0.29, 0.717) is 43.7 Å². The number of fused-ring (bicyclic) bond motifs is 1. The molecule has 2 aromatic carbocycles. The van der Waals surface area contributed by atoms with Crippen molar-refractivity contribution in [1.82, 2.24) is 4.31 Å². The lowest BCUT2D eigenvalue weighted by Crippen LogP contribution is -2.49. The SMILES string of the molecule is COc1cccc(CC23CCC(=O)CC2=CCN(S(=O)(=O)c2ccc(C)cc2)C3)c1. The molecule has 0 bridgehead atoms. The molecular formula is C24H27NO4S. The predicted octanol–water partition coefficient (Wildman–Crippen LogP) is 3.92. The van der Waals surface area contributed by atoms with E-state index in [1.165, 1.54) is 0 Å². The summed E-state index contributed by atoms with van der Waals surface area (Å²) in [6.45, 7) is 2.63. The van der Waals surface area contributed by atoms with Gasteiger partial charge in [0.05, 0.1) is 12.0 Å². The first-order chi connectivity index (χ1) is 14.3. The zero-order chi connectivity index (χ0) is 21.4. The van der Waals surface area contributed by atoms with Gasteiger partial charge in [0.15, 0.2) is 0 Å². The molecule has 0 radical (unpaired) electrons. The molecule has 1 aliphatic heterocycles. The number of benzene rings is 2. The smallest absolute Gasteiger partial charge is 0.243 e. The average molecular weight is 426 g/mol. The molecule has 1 unspecified atom stereocenters. The third kappa shape index (κ3) is 3.94. The van der Waals surface area contributed by atoms with Crippen molar-refractivity contribution in [3.05, 3.63) is 71.3 Å². The summed E-state index contributed by atoms with van der Waals surface area (Å²) in [5, 5.41) is 0. The van der Waals surface area contributed by atoms with Crippen molar-refractivity contribution in [2.75, 3.05) is 20.2 Å². The predicted molar refractivity (Wildman–Crippen MR) is 116 cm³/mol. The van der Waals surface area contributed by atoms with Gasteiger partial charge < -0.3 is 4.74 Å². The topological polar surface area (TPSA) is 63.7 Å². The number of methoxy groups -OCH3 is 1. The van der Waals surface area contributed by atoms with Crippen molar-refractivity contribution in [2.45, 2.75) is 37.5 Å². The van der Waals surface area contributed by atoms with Gasteiger partial charge in [-0.15, -0.1) is 0 Å². The highest BCUT2D eigenvalue weighted by Crippen LogP contribution is 2.46. The summed E-state index contributed by atoms with van der Waals surface area (Å²) in [6, 6.07) is 14.9. The number of ether oxygens (including phenoxy) is 1. The molecule has 0 spiro atoms. The number of rotatable bonds is 5. The molecule has 2 aromatic rings. The highest BCUT2D eigenvalue weighted by atomic mass is 32.2. The minimum Gasteiger partial charge on any atom is -0.497 e. The van der Waals surface area contributed by atoms with Crippen LogP contribution >= 0.6 is 0 Å². The summed E-state index contributed by atoms with van der Waals surface area (Å²) in [7, 11) is -1.97. The highest BCUT2D eigenvalue weighted by Gasteiger charge is 2.45. The Morgan fingerprint density at radius 3 is 2.63 bits per heavy atom. The van der Waals surface area contributed by atoms with E-state index in [-0.39, 0.29) is 11.2 Å². The van der Waals surface area contributed by atoms with Gasteiger partial charge in [0.1, 0.15) is 11.5 Å². The van der Waals surface area contributed by atoms with Gasteiger partial charge in [-0.3, -0.25) is 4.79 Å². The minimum atomic E-state index is -3.61. The van der Waals surface area contributed by atoms with Gasteiger partial charge in [0.2, 0.25) is 10.0 Å². The van der Waals surface area contributed by atoms with E-state index < -0.39 is 10.0 Å². The third-order valence-electron chi connectivity index (χ3n) is 6.31. The van der Waals surface area contributed by atoms with Crippen LogP contribution in [0, 0.1) is 12.3 Å². The van der Waals surface area contributed by atoms with E-state index >= 15 is 0 Å². The van der Waals surface area contributed by atoms with Gasteiger partial charge >= 0.3 is 0 Å². The van der Waals surface area contributed by atoms with Crippen molar-refractivity contribution in [2.24, 2.45) is 5.41 Å². The molecule has 158 valence electrons. The molecule has 1 fully saturated rings. The second-order valence-corrected chi connectivity index (χ2v) is 10.3. The quantitative estimate of drug-likeness (QED) is 0.681. The zero-order valence-corrected chi connectivity index (χ0v) is 18.2. The number of ketones is 1. The van der Waals surface area contributed by atoms with Crippen LogP contribution in [0.3, 0.4) is 0 Å². The first-order valence-corrected chi connectivity index (χ1v) is 11.7. The lowest BCUT2D eigenvalue weighted by Gasteiger charge is -2.45. The summed E-state index contributed by atoms with van der Waals surface area (Å²) in [5.41, 5.74) is 2.83. The fourth-order valence-corrected chi connectivity index (χ4v) is 6.05. The summed E-state index contributed by atoms with van der Waals surface area (Å²) < 4.78 is 33.6. The van der Waals surface area contributed by atoms with Gasteiger partial charge in [-0.1, -0.05) is 41.5 Å². The maximum atomic E-state index is 13.3. The number of carbonyl (C=O) groups is 1. The van der Waals surface area contributed by atoms with Gasteiger partial charge in [0.25, 0.3) is 0 Å². The fourth-order valence-electron chi connectivity index (χ4n) is 4.58. The molecule has 5 nitrogen and oxygen atoms in total. The standard InChI is InChI=1S/C24H27NO4S/c1-18-6-8-23(9-7-18)30(27,28)25-13-11-20-15-21(26)10-12-24(20,17-25)16-19-4-3-5-22(14-19)29-2/h3-9,11,14H,10,12-13,15-17H2,1-2H3. The van der Waals surface area contributed by atoms with Crippen LogP contribution in [0.5, 0.6) is 5.75 Å². The Morgan fingerprint density at radius 1 is 1.13 bits per heavy atom. The molecule has 30 heavy (non-hydrogen) atoms. The Hall–Kier alpha value is -2.44. The molecule has 0 saturated heterocycles. The van der Waals surface area contributed by atoms with Crippen molar-refractivity contribution < 1.29 is 17.9 Å². The van der Waals surface area contributed by atoms with Crippen LogP contribution in [0.4, 0.5) is 0 Å². The first kappa shape index (κ1) is 20.8. The number of sulfonamides is 1. The average Bonchev–Trinajstić information content (AvgIpc) is 2.74. The number of hydrogen-bond acceptors (Lipinski definition) is 4. The number of aryl methyl sites for hydroxylation is 1. The van der Waals surface area contributed by atoms with Gasteiger partial charge in [-0.05, 0) is 49.6 Å². The monoisotopic (exact) mass is 425 g/mol. The van der Waals surface area contributed by atoms with E-state index in [1.54, 1.807) is 23.5 Å². The van der Waals surface area contributed by atoms with Crippen LogP contribution < -0.4 is 4.74 Å². The summed E-state index contributed by atoms with van der Waals surface area (Å²) in [4.78, 5) is 12.5. The first-order valence-electron chi connectivity index (χ1n) is 10.2. The Bertz CT molecular complexity index is 1090. The highest BCUT2D eigenvalue weighted by molar-refractivity contribution is 7.89. The van der Waals surface area contributed by atoms with E-state index in [2.05, 4.69) is 0 Å². The normalized spacial score (nSPS) is 22.3. The number of Topliss-reactive ketones (excluding diaryl/α,β-unsaturated/α-hetero) is 1. The van der Waals surface area contributed by atoms with E-state index in [4.69, 9.17) is 4.74 Å². The molecule has 1 heterocycles. The van der Waals surface area contributed by atoms with Crippen LogP contribution in [0.1, 0.15) is 30.4 Å². The molecule has 2 aliphatic rings. The van der Waals surface area contributed by atoms with Crippen molar-refractivity contribution in [3.8, 4) is 5.75 Å². The van der Waals surface area contributed by atoms with Gasteiger partial charge in [-0.25, -0.2) is 8.42 Å². The van der Waals surface area contributed by atoms with Crippen molar-refractivity contribution >= 4 is 15.8 Å². The summed E-state index contributed by atoms with van der Waals surface area (Å²) in [5.74, 6) is 1.01. The third-order valence-corrected chi connectivity index (χ3v) is 8.13. The maximum absolute atomic E-state index is 13.3. The van der Waals surface area contributed by atoms with Gasteiger partial charge in [-0.2, -0.15) is 4.31 Å². The minimum absolute atomic E-state index is 0.234. The lowest BCUT2D eigenvalue weighted by molar-refractivity contribution is -0.120. The van der Waals surface area contributed by atoms with E-state index in [0.717, 1.165) is 22.4 Å². The summed E-state index contributed by atoms with van der Waals surface area (Å²) >= 11 is 0. The number of hydrogen-bond donors (Lipinski definition) is 0. The van der Waals surface area contributed by atoms with Crippen LogP contribution in [-0.2, 0) is 21.2 Å². The van der Waals surface area contributed by atoms with Crippen LogP contribution in [0.15, 0.2) is 65.1 Å². The van der Waals surface area contributed by atoms with Gasteiger partial charge in [0, 0.05) is 31.3 Å². The molecule has 1 atom stereocenters. The molecular weight excluding hydrogens is 398 g/mol. The van der Waals surface area contributed by atoms with Crippen molar-refractivity contribution in [3.63, 3.8) is 0 Å². The Morgan fingerprint density at radius 2 is 1.90 bits per heavy atom. The largest absolute Gasteiger partial charge is 0.497 e. The van der Waals surface area contributed by atoms with E-state index in [1.807, 2.05) is 49.4 Å². The molecule has 1 aliphatic carbocycles. The van der Waals surface area contributed by atoms with E-state index in [9.17, 15) is 13.2 Å². The summed E-state index contributed by atoms with van der Waals surface area (Å²) in [6.07, 6.45) is 4.21. The Balaban J connectivity index is 1.69. The molecule has 0 N–H and O–H groups in total. The molecule has 6 heteroatoms. The van der Waals surface area contributed by atoms with Crippen molar-refractivity contribution in [1.29, 1.82) is 0 Å². The fraction of sp³-hybridized carbons (Fsp3) is 0.375. The molecule has 0 aromatic heterocycles. The number of carbonyl (C=O) groups excluding carboxylic acids is 1. The lowest BCUT2D eigenvalue weighted by atomic mass is 9.65. The second kappa shape index (κ2) is 8.00.